The number of aliphatic hydroxyl groups excluding tert-OH is 2. The van der Waals surface area contributed by atoms with Gasteiger partial charge in [-0.05, 0) is 38.8 Å². The fraction of sp³-hybridized carbons (Fsp3) is 0.667. The average molecular weight is 372 g/mol. The summed E-state index contributed by atoms with van der Waals surface area (Å²) < 4.78 is 5.88. The first-order chi connectivity index (χ1) is 11.9. The molecule has 142 valence electrons. The monoisotopic (exact) mass is 371 g/mol. The number of rotatable bonds is 9. The number of nitrogens with zero attached hydrogens (tertiary/aromatic N) is 2. The summed E-state index contributed by atoms with van der Waals surface area (Å²) in [4.78, 5) is 4.22. The van der Waals surface area contributed by atoms with Crippen LogP contribution in [0.1, 0.15) is 5.56 Å². The van der Waals surface area contributed by atoms with Crippen LogP contribution in [0.25, 0.3) is 0 Å². The minimum atomic E-state index is -0.699. The number of benzene rings is 1. The van der Waals surface area contributed by atoms with E-state index >= 15 is 0 Å². The Kier molecular flexibility index (Phi) is 8.09. The van der Waals surface area contributed by atoms with E-state index in [4.69, 9.17) is 16.3 Å². The maximum atomic E-state index is 10.5. The summed E-state index contributed by atoms with van der Waals surface area (Å²) in [6, 6.07) is 7.57. The first kappa shape index (κ1) is 20.6. The van der Waals surface area contributed by atoms with Gasteiger partial charge >= 0.3 is 0 Å². The topological polar surface area (TPSA) is 68.2 Å². The van der Waals surface area contributed by atoms with E-state index in [2.05, 4.69) is 15.1 Å². The second kappa shape index (κ2) is 9.83. The zero-order chi connectivity index (χ0) is 18.4. The van der Waals surface area contributed by atoms with Crippen molar-refractivity contribution in [3.63, 3.8) is 0 Å². The molecule has 0 amide bonds. The predicted octanol–water partition coefficient (Wildman–Crippen LogP) is 0.412. The number of likely N-dealkylation sites (N-methyl/N-ethyl adjacent to an activating group) is 2. The summed E-state index contributed by atoms with van der Waals surface area (Å²) in [6.07, 6.45) is -1.42. The highest BCUT2D eigenvalue weighted by Crippen LogP contribution is 2.25. The number of ether oxygens (including phenoxy) is 1. The zero-order valence-electron chi connectivity index (χ0n) is 15.2. The highest BCUT2D eigenvalue weighted by Gasteiger charge is 2.44. The molecular weight excluding hydrogens is 342 g/mol. The third kappa shape index (κ3) is 5.89. The summed E-state index contributed by atoms with van der Waals surface area (Å²) in [5.41, 5.74) is 1.10. The predicted molar refractivity (Wildman–Crippen MR) is 99.9 cm³/mol. The number of nitrogens with one attached hydrogen (secondary N) is 1. The molecule has 1 fully saturated rings. The molecule has 0 aliphatic carbocycles. The fourth-order valence-corrected chi connectivity index (χ4v) is 3.42. The summed E-state index contributed by atoms with van der Waals surface area (Å²) in [5.74, 6) is 0. The quantitative estimate of drug-likeness (QED) is 0.584. The molecule has 3 N–H and O–H groups in total. The Morgan fingerprint density at radius 1 is 1.20 bits per heavy atom. The highest BCUT2D eigenvalue weighted by molar-refractivity contribution is 6.30. The van der Waals surface area contributed by atoms with Crippen molar-refractivity contribution in [2.45, 2.75) is 30.9 Å². The second-order valence-corrected chi connectivity index (χ2v) is 7.36. The molecule has 6 nitrogen and oxygen atoms in total. The van der Waals surface area contributed by atoms with Crippen molar-refractivity contribution >= 4 is 11.6 Å². The molecule has 0 spiro atoms. The molecule has 0 unspecified atom stereocenters. The molecule has 1 aromatic rings. The SMILES string of the molecule is CN(C)CCN(C)[C@H]1[C@H](O)[C@H](CO)O[C@@H]1CNCc1cccc(Cl)c1. The Labute approximate surface area is 155 Å². The van der Waals surface area contributed by atoms with Crippen molar-refractivity contribution < 1.29 is 14.9 Å². The Morgan fingerprint density at radius 3 is 2.60 bits per heavy atom. The Morgan fingerprint density at radius 2 is 1.96 bits per heavy atom. The molecule has 1 heterocycles. The maximum absolute atomic E-state index is 10.5. The number of aliphatic hydroxyl groups is 2. The molecule has 2 rings (SSSR count). The first-order valence-corrected chi connectivity index (χ1v) is 9.04. The van der Waals surface area contributed by atoms with Crippen LogP contribution in [0.4, 0.5) is 0 Å². The van der Waals surface area contributed by atoms with Gasteiger partial charge in [0.2, 0.25) is 0 Å². The molecule has 1 saturated heterocycles. The van der Waals surface area contributed by atoms with E-state index in [0.717, 1.165) is 18.7 Å². The van der Waals surface area contributed by atoms with Crippen molar-refractivity contribution in [1.82, 2.24) is 15.1 Å². The minimum absolute atomic E-state index is 0.149. The van der Waals surface area contributed by atoms with Gasteiger partial charge < -0.3 is 25.2 Å². The molecule has 0 aromatic heterocycles. The van der Waals surface area contributed by atoms with Gasteiger partial charge in [-0.1, -0.05) is 23.7 Å². The maximum Gasteiger partial charge on any atom is 0.109 e. The van der Waals surface area contributed by atoms with Gasteiger partial charge in [0.05, 0.1) is 18.8 Å². The molecule has 1 aliphatic heterocycles. The first-order valence-electron chi connectivity index (χ1n) is 8.67. The Hall–Kier alpha value is -0.730. The van der Waals surface area contributed by atoms with E-state index in [0.29, 0.717) is 18.1 Å². The van der Waals surface area contributed by atoms with Crippen molar-refractivity contribution in [3.8, 4) is 0 Å². The summed E-state index contributed by atoms with van der Waals surface area (Å²) >= 11 is 6.01. The van der Waals surface area contributed by atoms with Crippen LogP contribution in [0.2, 0.25) is 5.02 Å². The molecule has 7 heteroatoms. The summed E-state index contributed by atoms with van der Waals surface area (Å²) in [5, 5.41) is 24.1. The number of hydrogen-bond donors (Lipinski definition) is 3. The van der Waals surface area contributed by atoms with E-state index in [9.17, 15) is 10.2 Å². The van der Waals surface area contributed by atoms with Gasteiger partial charge in [0.1, 0.15) is 12.2 Å². The van der Waals surface area contributed by atoms with E-state index in [-0.39, 0.29) is 18.8 Å². The normalized spacial score (nSPS) is 26.7. The van der Waals surface area contributed by atoms with E-state index in [1.165, 1.54) is 0 Å². The van der Waals surface area contributed by atoms with Gasteiger partial charge in [-0.3, -0.25) is 4.90 Å². The van der Waals surface area contributed by atoms with Crippen LogP contribution in [-0.2, 0) is 11.3 Å². The van der Waals surface area contributed by atoms with Crippen LogP contribution in [0.5, 0.6) is 0 Å². The van der Waals surface area contributed by atoms with Gasteiger partial charge in [-0.15, -0.1) is 0 Å². The van der Waals surface area contributed by atoms with Crippen LogP contribution >= 0.6 is 11.6 Å². The standard InChI is InChI=1S/C18H30ClN3O3/c1-21(2)7-8-22(3)17-15(25-16(12-23)18(17)24)11-20-10-13-5-4-6-14(19)9-13/h4-6,9,15-18,20,23-24H,7-8,10-12H2,1-3H3/t15-,16+,17-,18-/m1/s1. The Bertz CT molecular complexity index is 532. The van der Waals surface area contributed by atoms with E-state index in [1.807, 2.05) is 45.4 Å². The van der Waals surface area contributed by atoms with Gasteiger partial charge in [-0.2, -0.15) is 0 Å². The van der Waals surface area contributed by atoms with Gasteiger partial charge in [0.25, 0.3) is 0 Å². The zero-order valence-corrected chi connectivity index (χ0v) is 16.0. The molecule has 0 saturated carbocycles. The molecular formula is C18H30ClN3O3. The van der Waals surface area contributed by atoms with Crippen LogP contribution in [0.3, 0.4) is 0 Å². The van der Waals surface area contributed by atoms with Crippen LogP contribution in [-0.4, -0.2) is 91.8 Å². The number of hydrogen-bond acceptors (Lipinski definition) is 6. The second-order valence-electron chi connectivity index (χ2n) is 6.92. The van der Waals surface area contributed by atoms with Gasteiger partial charge in [0.15, 0.2) is 0 Å². The molecule has 4 atom stereocenters. The Balaban J connectivity index is 1.93. The lowest BCUT2D eigenvalue weighted by molar-refractivity contribution is -0.0213. The van der Waals surface area contributed by atoms with E-state index in [1.54, 1.807) is 0 Å². The third-order valence-corrected chi connectivity index (χ3v) is 4.85. The van der Waals surface area contributed by atoms with Crippen LogP contribution in [0, 0.1) is 0 Å². The molecule has 1 aliphatic rings. The van der Waals surface area contributed by atoms with Crippen molar-refractivity contribution in [2.24, 2.45) is 0 Å². The smallest absolute Gasteiger partial charge is 0.109 e. The summed E-state index contributed by atoms with van der Waals surface area (Å²) in [7, 11) is 6.04. The lowest BCUT2D eigenvalue weighted by atomic mass is 10.0. The number of halogens is 1. The van der Waals surface area contributed by atoms with Gasteiger partial charge in [0, 0.05) is 31.2 Å². The van der Waals surface area contributed by atoms with E-state index < -0.39 is 12.2 Å². The molecule has 0 radical (unpaired) electrons. The van der Waals surface area contributed by atoms with Crippen molar-refractivity contribution in [2.75, 3.05) is 47.4 Å². The molecule has 0 bridgehead atoms. The van der Waals surface area contributed by atoms with Gasteiger partial charge in [-0.25, -0.2) is 0 Å². The largest absolute Gasteiger partial charge is 0.394 e. The summed E-state index contributed by atoms with van der Waals surface area (Å²) in [6.45, 7) is 2.81. The van der Waals surface area contributed by atoms with Crippen LogP contribution in [0.15, 0.2) is 24.3 Å². The van der Waals surface area contributed by atoms with Crippen molar-refractivity contribution in [1.29, 1.82) is 0 Å². The van der Waals surface area contributed by atoms with Crippen LogP contribution < -0.4 is 5.32 Å². The fourth-order valence-electron chi connectivity index (χ4n) is 3.20. The molecule has 25 heavy (non-hydrogen) atoms. The minimum Gasteiger partial charge on any atom is -0.394 e. The highest BCUT2D eigenvalue weighted by atomic mass is 35.5. The molecule has 1 aromatic carbocycles. The average Bonchev–Trinajstić information content (AvgIpc) is 2.88. The lowest BCUT2D eigenvalue weighted by Crippen LogP contribution is -2.50. The third-order valence-electron chi connectivity index (χ3n) is 4.61. The van der Waals surface area contributed by atoms with Crippen molar-refractivity contribution in [3.05, 3.63) is 34.9 Å². The lowest BCUT2D eigenvalue weighted by Gasteiger charge is -2.31.